The number of rotatable bonds is 6. The second kappa shape index (κ2) is 29.3. The molecule has 0 saturated heterocycles. The van der Waals surface area contributed by atoms with Crippen LogP contribution >= 0.6 is 0 Å². The van der Waals surface area contributed by atoms with Crippen molar-refractivity contribution in [3.8, 4) is 124 Å². The number of nitrogens with zero attached hydrogens (tertiary/aromatic N) is 3. The van der Waals surface area contributed by atoms with Gasteiger partial charge in [0.25, 0.3) is 0 Å². The molecule has 0 radical (unpaired) electrons. The van der Waals surface area contributed by atoms with Crippen LogP contribution in [0.2, 0.25) is 0 Å². The molecule has 0 saturated carbocycles. The number of aromatic nitrogens is 2. The topological polar surface area (TPSA) is 122 Å². The average Bonchev–Trinajstić information content (AvgIpc) is 1.61. The van der Waals surface area contributed by atoms with Gasteiger partial charge in [-0.1, -0.05) is 194 Å². The summed E-state index contributed by atoms with van der Waals surface area (Å²) in [6, 6.07) is 128. The Morgan fingerprint density at radius 3 is 0.939 bits per heavy atom. The highest BCUT2D eigenvalue weighted by atomic mass is 16.7. The maximum absolute atomic E-state index is 7.54. The Morgan fingerprint density at radius 2 is 0.519 bits per heavy atom. The van der Waals surface area contributed by atoms with Crippen LogP contribution in [0.3, 0.4) is 0 Å². The molecule has 0 amide bonds. The van der Waals surface area contributed by atoms with E-state index in [2.05, 4.69) is 275 Å². The van der Waals surface area contributed by atoms with Crippen LogP contribution < -0.4 is 28.4 Å². The molecule has 0 fully saturated rings. The first-order chi connectivity index (χ1) is 64.0. The van der Waals surface area contributed by atoms with E-state index in [4.69, 9.17) is 52.7 Å². The standard InChI is InChI=1S/C40H26N2O3.C39H27NO3.C39H26O4/c1-40(2)44-37-19-15-27(42-34-10-6-4-8-28(34)32-22-26(41-3)14-18-35(32)42)23-33(37)31-17-13-25(21-39(31)45-40)24-12-16-30-29-9-5-7-11-36(29)43-38(30)20-24;1-39(2)42-36-20-17-26(40-33-12-6-3-9-27(33)28-10-4-7-13-34(28)40)23-32(36)31-19-16-25(22-38(31)43-39)24-15-18-30-29-11-5-8-14-35(29)41-37(30)21-24;1-39(2)42-35-19-16-25(26-10-7-11-31-28-9-4-6-13-34(28)41-38(26)31)20-32(35)30-18-15-24(22-37(30)43-39)23-14-17-29-27-8-3-5-12-33(27)40-36(29)21-23/h4-23H,1-2H3;3-23H,1-2H3;3-22H,1-2H3. The predicted molar refractivity (Wildman–Crippen MR) is 527 cm³/mol. The lowest BCUT2D eigenvalue weighted by atomic mass is 9.94. The van der Waals surface area contributed by atoms with Crippen LogP contribution in [-0.2, 0) is 0 Å². The van der Waals surface area contributed by atoms with Crippen molar-refractivity contribution in [3.63, 3.8) is 0 Å². The van der Waals surface area contributed by atoms with E-state index in [-0.39, 0.29) is 0 Å². The Bertz CT molecular complexity index is 8900. The van der Waals surface area contributed by atoms with Gasteiger partial charge in [-0.25, -0.2) is 4.85 Å². The van der Waals surface area contributed by atoms with Gasteiger partial charge in [-0.3, -0.25) is 0 Å². The van der Waals surface area contributed by atoms with E-state index in [9.17, 15) is 0 Å². The van der Waals surface area contributed by atoms with Gasteiger partial charge in [0, 0.05) is 151 Å². The lowest BCUT2D eigenvalue weighted by Crippen LogP contribution is -2.34. The first-order valence-corrected chi connectivity index (χ1v) is 44.0. The highest BCUT2D eigenvalue weighted by Crippen LogP contribution is 2.52. The molecule has 24 aromatic rings. The van der Waals surface area contributed by atoms with E-state index in [1.165, 1.54) is 21.8 Å². The third kappa shape index (κ3) is 13.0. The Kier molecular flexibility index (Phi) is 17.1. The van der Waals surface area contributed by atoms with Crippen molar-refractivity contribution in [1.29, 1.82) is 0 Å². The van der Waals surface area contributed by atoms with E-state index >= 15 is 0 Å². The summed E-state index contributed by atoms with van der Waals surface area (Å²) in [5.41, 5.74) is 28.5. The van der Waals surface area contributed by atoms with Crippen LogP contribution in [0.4, 0.5) is 5.69 Å². The minimum absolute atomic E-state index is 0.629. The minimum atomic E-state index is -0.883. The van der Waals surface area contributed by atoms with Crippen LogP contribution in [0.15, 0.2) is 388 Å². The monoisotopic (exact) mass is 1700 g/mol. The van der Waals surface area contributed by atoms with Crippen molar-refractivity contribution in [2.45, 2.75) is 58.9 Å². The molecule has 3 aliphatic rings. The molecule has 0 spiro atoms. The van der Waals surface area contributed by atoms with E-state index in [0.29, 0.717) is 5.69 Å². The Labute approximate surface area is 751 Å². The van der Waals surface area contributed by atoms with Crippen molar-refractivity contribution in [2.24, 2.45) is 0 Å². The van der Waals surface area contributed by atoms with Gasteiger partial charge < -0.3 is 55.2 Å². The highest BCUT2D eigenvalue weighted by Gasteiger charge is 2.35. The normalized spacial score (nSPS) is 13.8. The number of fused-ring (bicyclic) bond motifs is 27. The maximum Gasteiger partial charge on any atom is 0.245 e. The summed E-state index contributed by atoms with van der Waals surface area (Å²) in [5, 5.41) is 13.6. The zero-order valence-corrected chi connectivity index (χ0v) is 72.1. The molecule has 27 rings (SSSR count). The summed E-state index contributed by atoms with van der Waals surface area (Å²) in [6.07, 6.45) is 0. The summed E-state index contributed by atoms with van der Waals surface area (Å²) in [6.45, 7) is 19.2. The molecule has 18 aromatic carbocycles. The molecule has 6 aromatic heterocycles. The fourth-order valence-corrected chi connectivity index (χ4v) is 19.8. The molecule has 0 bridgehead atoms. The molecule has 9 heterocycles. The van der Waals surface area contributed by atoms with E-state index in [1.54, 1.807) is 0 Å². The van der Waals surface area contributed by atoms with Crippen molar-refractivity contribution in [2.75, 3.05) is 0 Å². The molecule has 13 nitrogen and oxygen atoms in total. The van der Waals surface area contributed by atoms with Crippen LogP contribution in [-0.4, -0.2) is 26.5 Å². The van der Waals surface area contributed by atoms with Crippen LogP contribution in [0, 0.1) is 6.57 Å². The second-order valence-electron chi connectivity index (χ2n) is 35.3. The molecule has 131 heavy (non-hydrogen) atoms. The van der Waals surface area contributed by atoms with Crippen molar-refractivity contribution < 1.29 is 46.1 Å². The predicted octanol–water partition coefficient (Wildman–Crippen LogP) is 32.6. The van der Waals surface area contributed by atoms with Gasteiger partial charge in [0.05, 0.1) is 28.6 Å². The lowest BCUT2D eigenvalue weighted by molar-refractivity contribution is -0.0784. The Hall–Kier alpha value is -17.0. The molecular weight excluding hydrogens is 1620 g/mol. The summed E-state index contributed by atoms with van der Waals surface area (Å²) in [4.78, 5) is 3.67. The number of furan rings is 4. The van der Waals surface area contributed by atoms with Gasteiger partial charge >= 0.3 is 0 Å². The largest absolute Gasteiger partial charge is 0.456 e. The number of para-hydroxylation sites is 8. The average molecular weight is 1700 g/mol. The zero-order valence-electron chi connectivity index (χ0n) is 72.1. The Balaban J connectivity index is 0.000000106. The summed E-state index contributed by atoms with van der Waals surface area (Å²) < 4.78 is 68.4. The summed E-state index contributed by atoms with van der Waals surface area (Å²) in [7, 11) is 0. The van der Waals surface area contributed by atoms with Crippen molar-refractivity contribution in [1.82, 2.24) is 9.13 Å². The molecular formula is C118H79N3O10. The SMILES string of the molecule is CC1(C)Oc2cc(-c3ccc4c(c3)oc3ccccc34)ccc2-c2cc(-c3cccc4c3oc3ccccc34)ccc2O1.CC1(C)Oc2cc(-c3ccc4c(c3)oc3ccccc34)ccc2-c2cc(-n3c4ccccc4c4ccccc43)ccc2O1.[C-]#[N+]c1ccc2c(c1)c1ccccc1n2-c1ccc2c(c1)-c1ccc(-c3ccc4c(c3)oc3ccccc34)cc1OC(C)(C)O2. The fraction of sp³-hybridized carbons (Fsp3) is 0.0763. The van der Waals surface area contributed by atoms with Gasteiger partial charge in [0.15, 0.2) is 5.69 Å². The molecule has 0 aliphatic carbocycles. The van der Waals surface area contributed by atoms with Crippen LogP contribution in [0.1, 0.15) is 41.5 Å². The molecule has 626 valence electrons. The van der Waals surface area contributed by atoms with E-state index < -0.39 is 17.4 Å². The quantitative estimate of drug-likeness (QED) is 0.149. The van der Waals surface area contributed by atoms with E-state index in [0.717, 1.165) is 233 Å². The number of hydrogen-bond acceptors (Lipinski definition) is 10. The first kappa shape index (κ1) is 76.5. The van der Waals surface area contributed by atoms with Crippen molar-refractivity contribution in [3.05, 3.63) is 381 Å². The van der Waals surface area contributed by atoms with Crippen molar-refractivity contribution >= 4 is 137 Å². The Morgan fingerprint density at radius 1 is 0.206 bits per heavy atom. The van der Waals surface area contributed by atoms with Gasteiger partial charge in [-0.15, -0.1) is 0 Å². The van der Waals surface area contributed by atoms with Gasteiger partial charge in [0.1, 0.15) is 79.2 Å². The molecule has 0 unspecified atom stereocenters. The summed E-state index contributed by atoms with van der Waals surface area (Å²) >= 11 is 0. The molecule has 3 aliphatic heterocycles. The summed E-state index contributed by atoms with van der Waals surface area (Å²) in [5.74, 6) is 2.04. The highest BCUT2D eigenvalue weighted by molar-refractivity contribution is 6.14. The maximum atomic E-state index is 7.54. The fourth-order valence-electron chi connectivity index (χ4n) is 19.8. The number of benzene rings is 18. The van der Waals surface area contributed by atoms with Crippen LogP contribution in [0.25, 0.3) is 225 Å². The molecule has 0 atom stereocenters. The third-order valence-electron chi connectivity index (χ3n) is 25.6. The molecule has 0 N–H and O–H groups in total. The van der Waals surface area contributed by atoms with Gasteiger partial charge in [-0.2, -0.15) is 0 Å². The van der Waals surface area contributed by atoms with Crippen LogP contribution in [0.5, 0.6) is 34.5 Å². The minimum Gasteiger partial charge on any atom is -0.456 e. The lowest BCUT2D eigenvalue weighted by Gasteiger charge is -2.26. The number of ether oxygens (including phenoxy) is 6. The molecule has 13 heteroatoms. The smallest absolute Gasteiger partial charge is 0.245 e. The van der Waals surface area contributed by atoms with E-state index in [1.807, 2.05) is 151 Å². The van der Waals surface area contributed by atoms with Gasteiger partial charge in [0.2, 0.25) is 17.4 Å². The second-order valence-corrected chi connectivity index (χ2v) is 35.3. The van der Waals surface area contributed by atoms with Gasteiger partial charge in [-0.05, 0) is 220 Å². The first-order valence-electron chi connectivity index (χ1n) is 44.0. The number of hydrogen-bond donors (Lipinski definition) is 0. The zero-order chi connectivity index (χ0) is 87.7. The third-order valence-corrected chi connectivity index (χ3v) is 25.6.